The van der Waals surface area contributed by atoms with Gasteiger partial charge in [0, 0.05) is 12.8 Å². The summed E-state index contributed by atoms with van der Waals surface area (Å²) in [6, 6.07) is -0.890. The lowest BCUT2D eigenvalue weighted by Crippen LogP contribution is -2.47. The molecule has 3 atom stereocenters. The summed E-state index contributed by atoms with van der Waals surface area (Å²) < 4.78 is 30.4. The smallest absolute Gasteiger partial charge is 0.306 e. The molecule has 0 saturated carbocycles. The summed E-state index contributed by atoms with van der Waals surface area (Å²) in [4.78, 5) is 40.1. The van der Waals surface area contributed by atoms with Gasteiger partial charge in [-0.05, 0) is 57.4 Å². The second-order valence-corrected chi connectivity index (χ2v) is 26.5. The normalized spacial score (nSPS) is 13.7. The van der Waals surface area contributed by atoms with Crippen molar-refractivity contribution in [2.75, 3.05) is 40.9 Å². The number of likely N-dealkylation sites (N-methyl/N-ethyl adjacent to an activating group) is 1. The lowest BCUT2D eigenvalue weighted by Gasteiger charge is -2.30. The molecule has 1 N–H and O–H groups in total. The molecule has 80 heavy (non-hydrogen) atoms. The molecule has 0 bridgehead atoms. The van der Waals surface area contributed by atoms with E-state index in [1.165, 1.54) is 238 Å². The van der Waals surface area contributed by atoms with Gasteiger partial charge in [-0.25, -0.2) is 0 Å². The van der Waals surface area contributed by atoms with Crippen molar-refractivity contribution in [3.63, 3.8) is 0 Å². The van der Waals surface area contributed by atoms with Crippen LogP contribution in [0.1, 0.15) is 348 Å². The molecule has 0 aromatic rings. The van der Waals surface area contributed by atoms with E-state index < -0.39 is 20.0 Å². The van der Waals surface area contributed by atoms with Crippen LogP contribution in [0.25, 0.3) is 0 Å². The molecule has 0 aliphatic carbocycles. The van der Waals surface area contributed by atoms with Gasteiger partial charge >= 0.3 is 5.97 Å². The first-order valence-electron chi connectivity index (χ1n) is 34.8. The predicted octanol–water partition coefficient (Wildman–Crippen LogP) is 21.2. The van der Waals surface area contributed by atoms with E-state index in [1.54, 1.807) is 0 Å². The number of hydrogen-bond donors (Lipinski definition) is 1. The van der Waals surface area contributed by atoms with Crippen LogP contribution >= 0.6 is 7.82 Å². The molecule has 0 aliphatic heterocycles. The third kappa shape index (κ3) is 60.8. The number of carbonyl (C=O) groups is 2. The number of nitrogens with zero attached hydrogens (tertiary/aromatic N) is 1. The maximum Gasteiger partial charge on any atom is 0.306 e. The van der Waals surface area contributed by atoms with Gasteiger partial charge < -0.3 is 28.5 Å². The Morgan fingerprint density at radius 3 is 1.12 bits per heavy atom. The van der Waals surface area contributed by atoms with E-state index in [2.05, 4.69) is 50.4 Å². The zero-order valence-electron chi connectivity index (χ0n) is 54.1. The molecule has 1 amide bonds. The number of rotatable bonds is 64. The second-order valence-electron chi connectivity index (χ2n) is 25.1. The van der Waals surface area contributed by atoms with Gasteiger partial charge in [-0.1, -0.05) is 314 Å². The van der Waals surface area contributed by atoms with E-state index in [-0.39, 0.29) is 31.5 Å². The number of amides is 1. The minimum atomic E-state index is -4.70. The van der Waals surface area contributed by atoms with Crippen molar-refractivity contribution in [1.82, 2.24) is 5.32 Å². The molecule has 0 aliphatic rings. The summed E-state index contributed by atoms with van der Waals surface area (Å²) >= 11 is 0. The van der Waals surface area contributed by atoms with Gasteiger partial charge in [0.15, 0.2) is 0 Å². The fourth-order valence-corrected chi connectivity index (χ4v) is 11.2. The topological polar surface area (TPSA) is 114 Å². The highest BCUT2D eigenvalue weighted by Gasteiger charge is 2.27. The number of carbonyl (C=O) groups excluding carboxylic acids is 2. The van der Waals surface area contributed by atoms with Crippen LogP contribution in [0.2, 0.25) is 0 Å². The average Bonchev–Trinajstić information content (AvgIpc) is 3.43. The molecule has 0 spiro atoms. The highest BCUT2D eigenvalue weighted by atomic mass is 31.2. The zero-order valence-corrected chi connectivity index (χ0v) is 54.9. The van der Waals surface area contributed by atoms with Crippen molar-refractivity contribution in [2.24, 2.45) is 0 Å². The van der Waals surface area contributed by atoms with Gasteiger partial charge in [0.05, 0.1) is 33.8 Å². The summed E-state index contributed by atoms with van der Waals surface area (Å²) in [5.74, 6) is -0.538. The van der Waals surface area contributed by atoms with Gasteiger partial charge in [-0.15, -0.1) is 0 Å². The molecule has 472 valence electrons. The molecular weight excluding hydrogens is 1010 g/mol. The van der Waals surface area contributed by atoms with Crippen molar-refractivity contribution >= 4 is 19.7 Å². The summed E-state index contributed by atoms with van der Waals surface area (Å²) in [6.45, 7) is 6.86. The van der Waals surface area contributed by atoms with Crippen LogP contribution in [0.15, 0.2) is 36.5 Å². The van der Waals surface area contributed by atoms with E-state index in [1.807, 2.05) is 33.3 Å². The number of nitrogens with one attached hydrogen (secondary N) is 1. The Bertz CT molecular complexity index is 1460. The standard InChI is InChI=1S/C70H135N2O7P/c1-7-10-13-16-19-22-25-28-30-31-32-33-34-35-36-37-38-39-40-41-43-44-47-50-53-56-59-62-69(73)71-67(66-78-80(75,76)77-65-64-72(4,5)6)68(61-58-55-52-49-46-27-24-21-18-15-12-9-3)79-70(74)63-60-57-54-51-48-45-42-29-26-23-20-17-14-11-8-2/h20,23,26,29,58,61,67-68H,7-19,21-22,24-25,27-28,30-57,59-60,62-66H2,1-6H3,(H-,71,73,75,76)/b23-20+,29-26+,61-58-. The lowest BCUT2D eigenvalue weighted by atomic mass is 10.0. The molecule has 0 aromatic carbocycles. The van der Waals surface area contributed by atoms with Gasteiger partial charge in [0.2, 0.25) is 5.91 Å². The summed E-state index contributed by atoms with van der Waals surface area (Å²) in [5.41, 5.74) is 0. The molecule has 0 fully saturated rings. The Morgan fingerprint density at radius 2 is 0.750 bits per heavy atom. The second kappa shape index (κ2) is 60.4. The third-order valence-corrected chi connectivity index (χ3v) is 16.8. The predicted molar refractivity (Wildman–Crippen MR) is 344 cm³/mol. The number of phosphoric acid groups is 1. The number of unbranched alkanes of at least 4 members (excludes halogenated alkanes) is 45. The molecular formula is C70H135N2O7P. The minimum absolute atomic E-state index is 0.0218. The van der Waals surface area contributed by atoms with E-state index in [0.717, 1.165) is 77.0 Å². The maximum atomic E-state index is 13.6. The zero-order chi connectivity index (χ0) is 58.6. The van der Waals surface area contributed by atoms with Crippen molar-refractivity contribution in [2.45, 2.75) is 360 Å². The Kier molecular flexibility index (Phi) is 59.0. The largest absolute Gasteiger partial charge is 0.756 e. The van der Waals surface area contributed by atoms with Crippen LogP contribution in [0.5, 0.6) is 0 Å². The monoisotopic (exact) mass is 1150 g/mol. The fourth-order valence-electron chi connectivity index (χ4n) is 10.5. The van der Waals surface area contributed by atoms with Gasteiger partial charge in [0.25, 0.3) is 7.82 Å². The number of ether oxygens (including phenoxy) is 1. The quantitative estimate of drug-likeness (QED) is 0.0161. The average molecular weight is 1150 g/mol. The van der Waals surface area contributed by atoms with Gasteiger partial charge in [0.1, 0.15) is 19.3 Å². The number of allylic oxidation sites excluding steroid dienone is 5. The Morgan fingerprint density at radius 1 is 0.438 bits per heavy atom. The summed E-state index contributed by atoms with van der Waals surface area (Å²) in [5, 5.41) is 3.04. The first kappa shape index (κ1) is 78.2. The summed E-state index contributed by atoms with van der Waals surface area (Å²) in [7, 11) is 1.19. The van der Waals surface area contributed by atoms with Crippen LogP contribution in [-0.2, 0) is 27.9 Å². The van der Waals surface area contributed by atoms with Crippen molar-refractivity contribution in [3.8, 4) is 0 Å². The lowest BCUT2D eigenvalue weighted by molar-refractivity contribution is -0.870. The molecule has 0 heterocycles. The van der Waals surface area contributed by atoms with Gasteiger partial charge in [-0.2, -0.15) is 0 Å². The maximum absolute atomic E-state index is 13.6. The van der Waals surface area contributed by atoms with Crippen molar-refractivity contribution in [1.29, 1.82) is 0 Å². The molecule has 10 heteroatoms. The minimum Gasteiger partial charge on any atom is -0.756 e. The SMILES string of the molecule is CCCCC/C=C/C=C/CCCCCCCCC(=O)OC(/C=C\CCCCCCCCCCCC)C(COP(=O)([O-])OCC[N+](C)(C)C)NC(=O)CCCCCCCCCCCCCCCCCCCCCCCCCCCCC. The highest BCUT2D eigenvalue weighted by Crippen LogP contribution is 2.38. The molecule has 0 aromatic heterocycles. The van der Waals surface area contributed by atoms with Crippen molar-refractivity contribution < 1.29 is 37.3 Å². The van der Waals surface area contributed by atoms with Crippen molar-refractivity contribution in [3.05, 3.63) is 36.5 Å². The first-order valence-corrected chi connectivity index (χ1v) is 36.3. The van der Waals surface area contributed by atoms with Crippen LogP contribution < -0.4 is 10.2 Å². The fraction of sp³-hybridized carbons (Fsp3) is 0.886. The first-order chi connectivity index (χ1) is 38.9. The van der Waals surface area contributed by atoms with Crippen LogP contribution in [0.4, 0.5) is 0 Å². The number of hydrogen-bond acceptors (Lipinski definition) is 7. The number of esters is 1. The molecule has 9 nitrogen and oxygen atoms in total. The van der Waals surface area contributed by atoms with E-state index in [4.69, 9.17) is 13.8 Å². The van der Waals surface area contributed by atoms with E-state index in [0.29, 0.717) is 17.4 Å². The van der Waals surface area contributed by atoms with Crippen LogP contribution in [0.3, 0.4) is 0 Å². The summed E-state index contributed by atoms with van der Waals surface area (Å²) in [6.07, 6.45) is 74.2. The van der Waals surface area contributed by atoms with Crippen LogP contribution in [-0.4, -0.2) is 69.4 Å². The molecule has 0 radical (unpaired) electrons. The van der Waals surface area contributed by atoms with Crippen LogP contribution in [0, 0.1) is 0 Å². The number of phosphoric ester groups is 1. The molecule has 0 saturated heterocycles. The third-order valence-electron chi connectivity index (χ3n) is 15.9. The highest BCUT2D eigenvalue weighted by molar-refractivity contribution is 7.45. The Labute approximate surface area is 497 Å². The van der Waals surface area contributed by atoms with E-state index >= 15 is 0 Å². The Hall–Kier alpha value is -1.77. The molecule has 3 unspecified atom stereocenters. The number of quaternary nitrogens is 1. The molecule has 0 rings (SSSR count). The Balaban J connectivity index is 4.97. The van der Waals surface area contributed by atoms with E-state index in [9.17, 15) is 19.0 Å². The van der Waals surface area contributed by atoms with Gasteiger partial charge in [-0.3, -0.25) is 14.2 Å².